The normalized spacial score (nSPS) is 14.5. The van der Waals surface area contributed by atoms with E-state index in [-0.39, 0.29) is 6.04 Å². The SMILES string of the molecule is O=C(COC(=O)c1c[nH]c2ccccc12)NC(=O)NC1CCCC1. The van der Waals surface area contributed by atoms with Gasteiger partial charge >= 0.3 is 12.0 Å². The molecule has 3 N–H and O–H groups in total. The van der Waals surface area contributed by atoms with Crippen LogP contribution in [0.1, 0.15) is 36.0 Å². The smallest absolute Gasteiger partial charge is 0.340 e. The fourth-order valence-corrected chi connectivity index (χ4v) is 2.90. The number of H-pyrrole nitrogens is 1. The van der Waals surface area contributed by atoms with Gasteiger partial charge in [-0.15, -0.1) is 0 Å². The lowest BCUT2D eigenvalue weighted by atomic mass is 10.2. The molecule has 0 saturated heterocycles. The molecule has 0 aliphatic heterocycles. The van der Waals surface area contributed by atoms with Crippen LogP contribution in [0.4, 0.5) is 4.79 Å². The van der Waals surface area contributed by atoms with Crippen LogP contribution in [0.5, 0.6) is 0 Å². The zero-order valence-electron chi connectivity index (χ0n) is 13.1. The standard InChI is InChI=1S/C17H19N3O4/c21-15(20-17(23)19-11-5-1-2-6-11)10-24-16(22)13-9-18-14-8-4-3-7-12(13)14/h3-4,7-9,11,18H,1-2,5-6,10H2,(H2,19,20,21,23). The number of esters is 1. The number of benzene rings is 1. The van der Waals surface area contributed by atoms with Gasteiger partial charge in [-0.05, 0) is 18.9 Å². The molecular formula is C17H19N3O4. The van der Waals surface area contributed by atoms with Crippen molar-refractivity contribution in [2.24, 2.45) is 0 Å². The van der Waals surface area contributed by atoms with E-state index < -0.39 is 24.5 Å². The highest BCUT2D eigenvalue weighted by Gasteiger charge is 2.19. The zero-order valence-corrected chi connectivity index (χ0v) is 13.1. The Morgan fingerprint density at radius 3 is 2.71 bits per heavy atom. The van der Waals surface area contributed by atoms with Crippen molar-refractivity contribution in [3.63, 3.8) is 0 Å². The summed E-state index contributed by atoms with van der Waals surface area (Å²) in [5, 5.41) is 5.63. The van der Waals surface area contributed by atoms with Crippen LogP contribution in [0.15, 0.2) is 30.5 Å². The molecule has 1 aliphatic carbocycles. The number of aromatic amines is 1. The van der Waals surface area contributed by atoms with E-state index in [1.54, 1.807) is 6.07 Å². The van der Waals surface area contributed by atoms with Gasteiger partial charge in [0.1, 0.15) is 0 Å². The van der Waals surface area contributed by atoms with Crippen molar-refractivity contribution < 1.29 is 19.1 Å². The van der Waals surface area contributed by atoms with Gasteiger partial charge in [-0.3, -0.25) is 10.1 Å². The number of hydrogen-bond donors (Lipinski definition) is 3. The molecule has 24 heavy (non-hydrogen) atoms. The Morgan fingerprint density at radius 2 is 1.92 bits per heavy atom. The first-order valence-corrected chi connectivity index (χ1v) is 7.97. The first kappa shape index (κ1) is 16.0. The number of carbonyl (C=O) groups excluding carboxylic acids is 3. The lowest BCUT2D eigenvalue weighted by molar-refractivity contribution is -0.123. The molecule has 0 radical (unpaired) electrons. The number of carbonyl (C=O) groups is 3. The molecule has 3 amide bonds. The van der Waals surface area contributed by atoms with Gasteiger partial charge in [0.15, 0.2) is 6.61 Å². The van der Waals surface area contributed by atoms with Crippen LogP contribution >= 0.6 is 0 Å². The van der Waals surface area contributed by atoms with E-state index in [9.17, 15) is 14.4 Å². The summed E-state index contributed by atoms with van der Waals surface area (Å²) >= 11 is 0. The van der Waals surface area contributed by atoms with E-state index >= 15 is 0 Å². The van der Waals surface area contributed by atoms with Crippen LogP contribution in [-0.2, 0) is 9.53 Å². The molecule has 0 atom stereocenters. The lowest BCUT2D eigenvalue weighted by Gasteiger charge is -2.12. The van der Waals surface area contributed by atoms with Gasteiger partial charge < -0.3 is 15.0 Å². The largest absolute Gasteiger partial charge is 0.452 e. The van der Waals surface area contributed by atoms with Crippen molar-refractivity contribution in [3.8, 4) is 0 Å². The van der Waals surface area contributed by atoms with Crippen LogP contribution in [0, 0.1) is 0 Å². The van der Waals surface area contributed by atoms with E-state index in [2.05, 4.69) is 15.6 Å². The van der Waals surface area contributed by atoms with Crippen molar-refractivity contribution in [1.82, 2.24) is 15.6 Å². The number of imide groups is 1. The average Bonchev–Trinajstić information content (AvgIpc) is 3.21. The van der Waals surface area contributed by atoms with Gasteiger partial charge in [-0.25, -0.2) is 9.59 Å². The Morgan fingerprint density at radius 1 is 1.17 bits per heavy atom. The number of rotatable bonds is 4. The number of amides is 3. The number of urea groups is 1. The number of ether oxygens (including phenoxy) is 1. The first-order chi connectivity index (χ1) is 11.6. The maximum absolute atomic E-state index is 12.1. The van der Waals surface area contributed by atoms with Gasteiger partial charge in [0, 0.05) is 23.1 Å². The van der Waals surface area contributed by atoms with Crippen LogP contribution in [-0.4, -0.2) is 35.5 Å². The second-order valence-corrected chi connectivity index (χ2v) is 5.83. The summed E-state index contributed by atoms with van der Waals surface area (Å²) in [6.07, 6.45) is 5.56. The van der Waals surface area contributed by atoms with E-state index in [0.29, 0.717) is 5.56 Å². The van der Waals surface area contributed by atoms with Gasteiger partial charge in [-0.1, -0.05) is 31.0 Å². The third-order valence-corrected chi connectivity index (χ3v) is 4.09. The molecule has 1 aromatic carbocycles. The maximum atomic E-state index is 12.1. The van der Waals surface area contributed by atoms with Gasteiger partial charge in [0.25, 0.3) is 5.91 Å². The second-order valence-electron chi connectivity index (χ2n) is 5.83. The number of nitrogens with one attached hydrogen (secondary N) is 3. The molecule has 0 bridgehead atoms. The Bertz CT molecular complexity index is 762. The molecular weight excluding hydrogens is 310 g/mol. The molecule has 7 nitrogen and oxygen atoms in total. The number of fused-ring (bicyclic) bond motifs is 1. The Balaban J connectivity index is 1.48. The van der Waals surface area contributed by atoms with Crippen molar-refractivity contribution in [2.45, 2.75) is 31.7 Å². The Hall–Kier alpha value is -2.83. The minimum absolute atomic E-state index is 0.117. The molecule has 1 aromatic heterocycles. The molecule has 1 aliphatic rings. The van der Waals surface area contributed by atoms with Gasteiger partial charge in [0.2, 0.25) is 0 Å². The quantitative estimate of drug-likeness (QED) is 0.748. The summed E-state index contributed by atoms with van der Waals surface area (Å²) in [4.78, 5) is 38.4. The topological polar surface area (TPSA) is 100 Å². The van der Waals surface area contributed by atoms with Crippen molar-refractivity contribution >= 4 is 28.8 Å². The predicted molar refractivity (Wildman–Crippen MR) is 87.5 cm³/mol. The van der Waals surface area contributed by atoms with Gasteiger partial charge in [-0.2, -0.15) is 0 Å². The van der Waals surface area contributed by atoms with Crippen LogP contribution in [0.25, 0.3) is 10.9 Å². The highest BCUT2D eigenvalue weighted by Crippen LogP contribution is 2.18. The van der Waals surface area contributed by atoms with E-state index in [4.69, 9.17) is 4.74 Å². The maximum Gasteiger partial charge on any atom is 0.340 e. The van der Waals surface area contributed by atoms with Crippen LogP contribution < -0.4 is 10.6 Å². The fraction of sp³-hybridized carbons (Fsp3) is 0.353. The van der Waals surface area contributed by atoms with Crippen molar-refractivity contribution in [3.05, 3.63) is 36.0 Å². The molecule has 7 heteroatoms. The summed E-state index contributed by atoms with van der Waals surface area (Å²) < 4.78 is 4.98. The summed E-state index contributed by atoms with van der Waals surface area (Å²) in [6, 6.07) is 6.86. The molecule has 1 heterocycles. The molecule has 1 saturated carbocycles. The highest BCUT2D eigenvalue weighted by atomic mass is 16.5. The van der Waals surface area contributed by atoms with Gasteiger partial charge in [0.05, 0.1) is 5.56 Å². The summed E-state index contributed by atoms with van der Waals surface area (Å²) in [7, 11) is 0. The minimum atomic E-state index is -0.654. The first-order valence-electron chi connectivity index (χ1n) is 7.97. The molecule has 0 unspecified atom stereocenters. The molecule has 126 valence electrons. The second kappa shape index (κ2) is 7.16. The number of aromatic nitrogens is 1. The van der Waals surface area contributed by atoms with E-state index in [0.717, 1.165) is 36.6 Å². The zero-order chi connectivity index (χ0) is 16.9. The van der Waals surface area contributed by atoms with Crippen LogP contribution in [0.2, 0.25) is 0 Å². The summed E-state index contributed by atoms with van der Waals surface area (Å²) in [5.74, 6) is -1.27. The Labute approximate surface area is 138 Å². The molecule has 2 aromatic rings. The number of para-hydroxylation sites is 1. The minimum Gasteiger partial charge on any atom is -0.452 e. The average molecular weight is 329 g/mol. The van der Waals surface area contributed by atoms with Crippen molar-refractivity contribution in [1.29, 1.82) is 0 Å². The van der Waals surface area contributed by atoms with Crippen LogP contribution in [0.3, 0.4) is 0 Å². The molecule has 3 rings (SSSR count). The summed E-state index contributed by atoms with van der Waals surface area (Å²) in [5.41, 5.74) is 1.17. The highest BCUT2D eigenvalue weighted by molar-refractivity contribution is 6.05. The van der Waals surface area contributed by atoms with Crippen molar-refractivity contribution in [2.75, 3.05) is 6.61 Å². The van der Waals surface area contributed by atoms with E-state index in [1.165, 1.54) is 6.20 Å². The van der Waals surface area contributed by atoms with E-state index in [1.807, 2.05) is 18.2 Å². The fourth-order valence-electron chi connectivity index (χ4n) is 2.90. The number of hydrogen-bond acceptors (Lipinski definition) is 4. The Kier molecular flexibility index (Phi) is 4.79. The molecule has 0 spiro atoms. The summed E-state index contributed by atoms with van der Waals surface area (Å²) in [6.45, 7) is -0.504. The predicted octanol–water partition coefficient (Wildman–Crippen LogP) is 2.09. The third kappa shape index (κ3) is 3.73. The monoisotopic (exact) mass is 329 g/mol. The third-order valence-electron chi connectivity index (χ3n) is 4.09. The molecule has 1 fully saturated rings. The lowest BCUT2D eigenvalue weighted by Crippen LogP contribution is -2.44.